The van der Waals surface area contributed by atoms with Crippen LogP contribution in [0.4, 0.5) is 11.5 Å². The minimum atomic E-state index is -0.394. The van der Waals surface area contributed by atoms with Gasteiger partial charge in [0.25, 0.3) is 5.91 Å². The molecule has 25 heavy (non-hydrogen) atoms. The van der Waals surface area contributed by atoms with E-state index in [9.17, 15) is 4.79 Å². The minimum Gasteiger partial charge on any atom is -0.366 e. The first kappa shape index (κ1) is 17.2. The fourth-order valence-corrected chi connectivity index (χ4v) is 2.50. The van der Waals surface area contributed by atoms with Crippen molar-refractivity contribution in [1.29, 1.82) is 0 Å². The van der Waals surface area contributed by atoms with Gasteiger partial charge in [-0.15, -0.1) is 0 Å². The number of halogens is 2. The molecule has 0 bridgehead atoms. The smallest absolute Gasteiger partial charge is 0.274 e. The Hall–Kier alpha value is -2.63. The van der Waals surface area contributed by atoms with E-state index >= 15 is 0 Å². The molecule has 0 saturated carbocycles. The number of aromatic nitrogens is 2. The molecular weight excluding hydrogens is 359 g/mol. The normalized spacial score (nSPS) is 10.3. The fourth-order valence-electron chi connectivity index (χ4n) is 2.15. The van der Waals surface area contributed by atoms with Gasteiger partial charge in [-0.05, 0) is 17.7 Å². The highest BCUT2D eigenvalue weighted by atomic mass is 35.5. The van der Waals surface area contributed by atoms with E-state index in [0.717, 1.165) is 5.56 Å². The van der Waals surface area contributed by atoms with Crippen molar-refractivity contribution >= 4 is 40.6 Å². The quantitative estimate of drug-likeness (QED) is 0.683. The summed E-state index contributed by atoms with van der Waals surface area (Å²) in [5, 5.41) is 6.51. The van der Waals surface area contributed by atoms with Crippen LogP contribution in [-0.2, 0) is 6.54 Å². The minimum absolute atomic E-state index is 0.224. The summed E-state index contributed by atoms with van der Waals surface area (Å²) in [6, 6.07) is 16.5. The lowest BCUT2D eigenvalue weighted by Gasteiger charge is -2.09. The number of nitrogens with zero attached hydrogens (tertiary/aromatic N) is 2. The monoisotopic (exact) mass is 372 g/mol. The van der Waals surface area contributed by atoms with Gasteiger partial charge < -0.3 is 10.6 Å². The van der Waals surface area contributed by atoms with Crippen molar-refractivity contribution in [2.75, 3.05) is 10.6 Å². The van der Waals surface area contributed by atoms with Gasteiger partial charge in [0.15, 0.2) is 0 Å². The SMILES string of the molecule is O=C(Nc1cccc(Cl)c1Cl)c1cc(NCc2ccccc2)ncn1. The number of carbonyl (C=O) groups excluding carboxylic acids is 1. The zero-order chi connectivity index (χ0) is 17.6. The molecule has 0 radical (unpaired) electrons. The van der Waals surface area contributed by atoms with Crippen LogP contribution in [0.2, 0.25) is 10.0 Å². The molecule has 2 aromatic carbocycles. The molecule has 0 spiro atoms. The molecule has 0 unspecified atom stereocenters. The lowest BCUT2D eigenvalue weighted by Crippen LogP contribution is -2.15. The van der Waals surface area contributed by atoms with Gasteiger partial charge in [0.2, 0.25) is 0 Å². The van der Waals surface area contributed by atoms with Crippen LogP contribution >= 0.6 is 23.2 Å². The first-order valence-electron chi connectivity index (χ1n) is 7.48. The Balaban J connectivity index is 1.70. The van der Waals surface area contributed by atoms with E-state index in [2.05, 4.69) is 20.6 Å². The Kier molecular flexibility index (Phi) is 5.48. The Morgan fingerprint density at radius 2 is 1.80 bits per heavy atom. The van der Waals surface area contributed by atoms with Crippen molar-refractivity contribution in [2.45, 2.75) is 6.54 Å². The number of benzene rings is 2. The van der Waals surface area contributed by atoms with E-state index in [1.165, 1.54) is 6.33 Å². The van der Waals surface area contributed by atoms with Crippen molar-refractivity contribution in [3.05, 3.63) is 82.2 Å². The van der Waals surface area contributed by atoms with Crippen LogP contribution in [0.1, 0.15) is 16.1 Å². The average Bonchev–Trinajstić information content (AvgIpc) is 2.65. The second-order valence-electron chi connectivity index (χ2n) is 5.18. The highest BCUT2D eigenvalue weighted by Crippen LogP contribution is 2.29. The number of hydrogen-bond donors (Lipinski definition) is 2. The standard InChI is InChI=1S/C18H14Cl2N4O/c19-13-7-4-8-14(17(13)20)24-18(25)15-9-16(23-11-22-15)21-10-12-5-2-1-3-6-12/h1-9,11H,10H2,(H,24,25)(H,21,22,23). The number of hydrogen-bond acceptors (Lipinski definition) is 4. The maximum absolute atomic E-state index is 12.4. The van der Waals surface area contributed by atoms with Crippen molar-refractivity contribution < 1.29 is 4.79 Å². The van der Waals surface area contributed by atoms with Crippen LogP contribution in [0, 0.1) is 0 Å². The van der Waals surface area contributed by atoms with Crippen LogP contribution in [0.25, 0.3) is 0 Å². The third kappa shape index (κ3) is 4.47. The molecule has 7 heteroatoms. The van der Waals surface area contributed by atoms with Crippen molar-refractivity contribution in [2.24, 2.45) is 0 Å². The number of carbonyl (C=O) groups is 1. The fraction of sp³-hybridized carbons (Fsp3) is 0.0556. The Morgan fingerprint density at radius 1 is 1.00 bits per heavy atom. The summed E-state index contributed by atoms with van der Waals surface area (Å²) in [5.41, 5.74) is 1.76. The highest BCUT2D eigenvalue weighted by Gasteiger charge is 2.12. The largest absolute Gasteiger partial charge is 0.366 e. The zero-order valence-corrected chi connectivity index (χ0v) is 14.6. The van der Waals surface area contributed by atoms with E-state index in [0.29, 0.717) is 23.1 Å². The number of amides is 1. The molecule has 0 fully saturated rings. The zero-order valence-electron chi connectivity index (χ0n) is 13.0. The molecule has 0 saturated heterocycles. The van der Waals surface area contributed by atoms with Gasteiger partial charge >= 0.3 is 0 Å². The van der Waals surface area contributed by atoms with E-state index < -0.39 is 5.91 Å². The summed E-state index contributed by atoms with van der Waals surface area (Å²) >= 11 is 12.0. The molecular formula is C18H14Cl2N4O. The first-order valence-corrected chi connectivity index (χ1v) is 8.24. The summed E-state index contributed by atoms with van der Waals surface area (Å²) in [6.07, 6.45) is 1.34. The van der Waals surface area contributed by atoms with Gasteiger partial charge in [0, 0.05) is 12.6 Å². The summed E-state index contributed by atoms with van der Waals surface area (Å²) in [7, 11) is 0. The van der Waals surface area contributed by atoms with Crippen molar-refractivity contribution in [1.82, 2.24) is 9.97 Å². The molecule has 126 valence electrons. The number of anilines is 2. The van der Waals surface area contributed by atoms with Gasteiger partial charge in [0.1, 0.15) is 17.8 Å². The van der Waals surface area contributed by atoms with Gasteiger partial charge in [-0.3, -0.25) is 4.79 Å². The topological polar surface area (TPSA) is 66.9 Å². The summed E-state index contributed by atoms with van der Waals surface area (Å²) in [4.78, 5) is 20.5. The Morgan fingerprint density at radius 3 is 2.60 bits per heavy atom. The summed E-state index contributed by atoms with van der Waals surface area (Å²) < 4.78 is 0. The maximum atomic E-state index is 12.4. The van der Waals surface area contributed by atoms with Gasteiger partial charge in [0.05, 0.1) is 15.7 Å². The summed E-state index contributed by atoms with van der Waals surface area (Å²) in [6.45, 7) is 0.596. The van der Waals surface area contributed by atoms with Crippen LogP contribution in [0.15, 0.2) is 60.9 Å². The molecule has 1 amide bonds. The summed E-state index contributed by atoms with van der Waals surface area (Å²) in [5.74, 6) is 0.163. The number of nitrogens with one attached hydrogen (secondary N) is 2. The van der Waals surface area contributed by atoms with Crippen LogP contribution < -0.4 is 10.6 Å². The second kappa shape index (κ2) is 7.96. The first-order chi connectivity index (χ1) is 12.1. The van der Waals surface area contributed by atoms with Crippen molar-refractivity contribution in [3.63, 3.8) is 0 Å². The molecule has 0 atom stereocenters. The van der Waals surface area contributed by atoms with Crippen LogP contribution in [0.5, 0.6) is 0 Å². The van der Waals surface area contributed by atoms with Crippen LogP contribution in [-0.4, -0.2) is 15.9 Å². The van der Waals surface area contributed by atoms with Crippen molar-refractivity contribution in [3.8, 4) is 0 Å². The van der Waals surface area contributed by atoms with Gasteiger partial charge in [-0.25, -0.2) is 9.97 Å². The van der Waals surface area contributed by atoms with Crippen LogP contribution in [0.3, 0.4) is 0 Å². The van der Waals surface area contributed by atoms with E-state index in [1.807, 2.05) is 30.3 Å². The highest BCUT2D eigenvalue weighted by molar-refractivity contribution is 6.44. The third-order valence-corrected chi connectivity index (χ3v) is 4.23. The third-order valence-electron chi connectivity index (χ3n) is 3.42. The molecule has 5 nitrogen and oxygen atoms in total. The lowest BCUT2D eigenvalue weighted by atomic mass is 10.2. The van der Waals surface area contributed by atoms with Gasteiger partial charge in [-0.2, -0.15) is 0 Å². The lowest BCUT2D eigenvalue weighted by molar-refractivity contribution is 0.102. The second-order valence-corrected chi connectivity index (χ2v) is 5.97. The maximum Gasteiger partial charge on any atom is 0.274 e. The average molecular weight is 373 g/mol. The molecule has 0 aliphatic rings. The molecule has 1 aromatic heterocycles. The van der Waals surface area contributed by atoms with Gasteiger partial charge in [-0.1, -0.05) is 59.6 Å². The molecule has 0 aliphatic heterocycles. The van der Waals surface area contributed by atoms with E-state index in [-0.39, 0.29) is 10.7 Å². The Labute approximate surface area is 155 Å². The molecule has 0 aliphatic carbocycles. The molecule has 3 aromatic rings. The van der Waals surface area contributed by atoms with E-state index in [1.54, 1.807) is 24.3 Å². The Bertz CT molecular complexity index is 887. The molecule has 1 heterocycles. The predicted molar refractivity (Wildman–Crippen MR) is 100 cm³/mol. The molecule has 3 rings (SSSR count). The predicted octanol–water partition coefficient (Wildman–Crippen LogP) is 4.65. The molecule has 2 N–H and O–H groups in total. The number of rotatable bonds is 5. The van der Waals surface area contributed by atoms with E-state index in [4.69, 9.17) is 23.2 Å².